The van der Waals surface area contributed by atoms with Gasteiger partial charge in [0.1, 0.15) is 11.5 Å². The van der Waals surface area contributed by atoms with Crippen LogP contribution in [0.3, 0.4) is 0 Å². The summed E-state index contributed by atoms with van der Waals surface area (Å²) in [6, 6.07) is 11.1. The largest absolute Gasteiger partial charge is 0.573 e. The number of rotatable bonds is 6. The van der Waals surface area contributed by atoms with Crippen molar-refractivity contribution in [2.24, 2.45) is 0 Å². The molecule has 0 atom stereocenters. The Morgan fingerprint density at radius 1 is 1.03 bits per heavy atom. The van der Waals surface area contributed by atoms with Crippen LogP contribution in [0.25, 0.3) is 0 Å². The van der Waals surface area contributed by atoms with Crippen LogP contribution in [-0.2, 0) is 11.2 Å². The van der Waals surface area contributed by atoms with Gasteiger partial charge >= 0.3 is 6.36 Å². The average molecular weight is 433 g/mol. The van der Waals surface area contributed by atoms with Crippen LogP contribution in [0.4, 0.5) is 24.5 Å². The van der Waals surface area contributed by atoms with Gasteiger partial charge in [-0.2, -0.15) is 0 Å². The summed E-state index contributed by atoms with van der Waals surface area (Å²) in [6.45, 7) is 3.45. The number of ether oxygens (including phenoxy) is 1. The van der Waals surface area contributed by atoms with E-state index in [1.54, 1.807) is 26.0 Å². The molecule has 0 fully saturated rings. The second-order valence-corrected chi connectivity index (χ2v) is 6.64. The van der Waals surface area contributed by atoms with E-state index in [-0.39, 0.29) is 23.6 Å². The number of benzene rings is 2. The Bertz CT molecular complexity index is 1090. The zero-order valence-corrected chi connectivity index (χ0v) is 16.5. The fourth-order valence-corrected chi connectivity index (χ4v) is 2.83. The first-order valence-corrected chi connectivity index (χ1v) is 9.09. The smallest absolute Gasteiger partial charge is 0.406 e. The van der Waals surface area contributed by atoms with E-state index >= 15 is 0 Å². The lowest BCUT2D eigenvalue weighted by atomic mass is 10.1. The van der Waals surface area contributed by atoms with Gasteiger partial charge in [-0.3, -0.25) is 9.59 Å². The first-order valence-electron chi connectivity index (χ1n) is 9.09. The molecule has 0 spiro atoms. The summed E-state index contributed by atoms with van der Waals surface area (Å²) < 4.78 is 46.0. The molecule has 162 valence electrons. The molecule has 0 radical (unpaired) electrons. The highest BCUT2D eigenvalue weighted by atomic mass is 19.4. The standard InChI is InChI=1S/C21H18F3N3O4/c1-12-18(13(2)31-27-12)11-19(28)25-15-6-3-5-14(9-15)20(29)26-16-7-4-8-17(10-16)30-21(22,23)24/h3-10H,11H2,1-2H3,(H,25,28)(H,26,29). The minimum absolute atomic E-state index is 0.0591. The monoisotopic (exact) mass is 433 g/mol. The molecule has 0 bridgehead atoms. The molecule has 10 heteroatoms. The Morgan fingerprint density at radius 3 is 2.35 bits per heavy atom. The second-order valence-electron chi connectivity index (χ2n) is 6.64. The minimum Gasteiger partial charge on any atom is -0.406 e. The van der Waals surface area contributed by atoms with Crippen molar-refractivity contribution >= 4 is 23.2 Å². The van der Waals surface area contributed by atoms with E-state index in [2.05, 4.69) is 20.5 Å². The van der Waals surface area contributed by atoms with Crippen molar-refractivity contribution in [2.45, 2.75) is 26.6 Å². The maximum Gasteiger partial charge on any atom is 0.573 e. The predicted octanol–water partition coefficient (Wildman–Crippen LogP) is 4.62. The minimum atomic E-state index is -4.83. The maximum atomic E-state index is 12.5. The topological polar surface area (TPSA) is 93.5 Å². The summed E-state index contributed by atoms with van der Waals surface area (Å²) in [5, 5.41) is 8.99. The van der Waals surface area contributed by atoms with Crippen LogP contribution >= 0.6 is 0 Å². The number of carbonyl (C=O) groups excluding carboxylic acids is 2. The van der Waals surface area contributed by atoms with Crippen LogP contribution in [0.1, 0.15) is 27.4 Å². The summed E-state index contributed by atoms with van der Waals surface area (Å²) in [6.07, 6.45) is -4.78. The van der Waals surface area contributed by atoms with Crippen molar-refractivity contribution in [3.63, 3.8) is 0 Å². The molecule has 0 saturated carbocycles. The number of carbonyl (C=O) groups is 2. The number of hydrogen-bond acceptors (Lipinski definition) is 5. The molecule has 3 aromatic rings. The van der Waals surface area contributed by atoms with Crippen LogP contribution in [-0.4, -0.2) is 23.3 Å². The van der Waals surface area contributed by atoms with Gasteiger partial charge < -0.3 is 19.9 Å². The highest BCUT2D eigenvalue weighted by molar-refractivity contribution is 6.05. The van der Waals surface area contributed by atoms with E-state index in [0.29, 0.717) is 22.7 Å². The van der Waals surface area contributed by atoms with Crippen LogP contribution in [0.15, 0.2) is 53.1 Å². The van der Waals surface area contributed by atoms with E-state index in [1.807, 2.05) is 0 Å². The van der Waals surface area contributed by atoms with E-state index in [1.165, 1.54) is 24.3 Å². The quantitative estimate of drug-likeness (QED) is 0.592. The number of halogens is 3. The normalized spacial score (nSPS) is 11.1. The summed E-state index contributed by atoms with van der Waals surface area (Å²) in [7, 11) is 0. The van der Waals surface area contributed by atoms with Crippen molar-refractivity contribution in [1.29, 1.82) is 0 Å². The van der Waals surface area contributed by atoms with Crippen molar-refractivity contribution in [3.8, 4) is 5.75 Å². The van der Waals surface area contributed by atoms with Crippen molar-refractivity contribution in [3.05, 3.63) is 71.1 Å². The number of nitrogens with one attached hydrogen (secondary N) is 2. The number of anilines is 2. The van der Waals surface area contributed by atoms with Crippen LogP contribution in [0, 0.1) is 13.8 Å². The van der Waals surface area contributed by atoms with Crippen LogP contribution in [0.2, 0.25) is 0 Å². The lowest BCUT2D eigenvalue weighted by Crippen LogP contribution is -2.18. The Hall–Kier alpha value is -3.82. The van der Waals surface area contributed by atoms with Gasteiger partial charge in [0, 0.05) is 28.6 Å². The Morgan fingerprint density at radius 2 is 1.71 bits per heavy atom. The molecule has 31 heavy (non-hydrogen) atoms. The Balaban J connectivity index is 1.66. The summed E-state index contributed by atoms with van der Waals surface area (Å²) in [4.78, 5) is 24.8. The highest BCUT2D eigenvalue weighted by Gasteiger charge is 2.31. The number of hydrogen-bond donors (Lipinski definition) is 2. The summed E-state index contributed by atoms with van der Waals surface area (Å²) >= 11 is 0. The fraction of sp³-hybridized carbons (Fsp3) is 0.190. The van der Waals surface area contributed by atoms with Gasteiger partial charge in [-0.05, 0) is 44.2 Å². The average Bonchev–Trinajstić information content (AvgIpc) is 2.99. The second kappa shape index (κ2) is 8.90. The molecule has 0 aliphatic rings. The molecule has 0 aliphatic heterocycles. The molecule has 2 amide bonds. The fourth-order valence-electron chi connectivity index (χ4n) is 2.83. The molecular formula is C21H18F3N3O4. The molecule has 1 heterocycles. The van der Waals surface area contributed by atoms with E-state index < -0.39 is 18.0 Å². The zero-order chi connectivity index (χ0) is 22.6. The first kappa shape index (κ1) is 21.9. The Kier molecular flexibility index (Phi) is 6.28. The SMILES string of the molecule is Cc1noc(C)c1CC(=O)Nc1cccc(C(=O)Nc2cccc(OC(F)(F)F)c2)c1. The van der Waals surface area contributed by atoms with Gasteiger partial charge in [0.25, 0.3) is 5.91 Å². The lowest BCUT2D eigenvalue weighted by molar-refractivity contribution is -0.274. The predicted molar refractivity (Wildman–Crippen MR) is 106 cm³/mol. The van der Waals surface area contributed by atoms with Gasteiger partial charge in [0.05, 0.1) is 12.1 Å². The molecule has 0 aliphatic carbocycles. The van der Waals surface area contributed by atoms with Gasteiger partial charge in [0.2, 0.25) is 5.91 Å². The number of aryl methyl sites for hydroxylation is 2. The number of amides is 2. The molecule has 2 aromatic carbocycles. The Labute approximate surface area is 175 Å². The summed E-state index contributed by atoms with van der Waals surface area (Å²) in [5.41, 5.74) is 2.03. The number of alkyl halides is 3. The third-order valence-corrected chi connectivity index (χ3v) is 4.25. The van der Waals surface area contributed by atoms with Gasteiger partial charge in [-0.15, -0.1) is 13.2 Å². The third kappa shape index (κ3) is 6.08. The molecule has 2 N–H and O–H groups in total. The van der Waals surface area contributed by atoms with Crippen molar-refractivity contribution < 1.29 is 32.0 Å². The molecule has 1 aromatic heterocycles. The van der Waals surface area contributed by atoms with Crippen LogP contribution in [0.5, 0.6) is 5.75 Å². The molecule has 0 saturated heterocycles. The summed E-state index contributed by atoms with van der Waals surface area (Å²) in [5.74, 6) is -0.780. The van der Waals surface area contributed by atoms with Crippen molar-refractivity contribution in [1.82, 2.24) is 5.16 Å². The molecular weight excluding hydrogens is 415 g/mol. The molecule has 0 unspecified atom stereocenters. The first-order chi connectivity index (χ1) is 14.6. The van der Waals surface area contributed by atoms with Gasteiger partial charge in [0.15, 0.2) is 0 Å². The number of aromatic nitrogens is 1. The third-order valence-electron chi connectivity index (χ3n) is 4.25. The van der Waals surface area contributed by atoms with Gasteiger partial charge in [-0.1, -0.05) is 17.3 Å². The van der Waals surface area contributed by atoms with Crippen LogP contribution < -0.4 is 15.4 Å². The molecule has 7 nitrogen and oxygen atoms in total. The van der Waals surface area contributed by atoms with E-state index in [0.717, 1.165) is 12.1 Å². The van der Waals surface area contributed by atoms with Crippen molar-refractivity contribution in [2.75, 3.05) is 10.6 Å². The molecule has 3 rings (SSSR count). The maximum absolute atomic E-state index is 12.5. The van der Waals surface area contributed by atoms with Gasteiger partial charge in [-0.25, -0.2) is 0 Å². The zero-order valence-electron chi connectivity index (χ0n) is 16.5. The highest BCUT2D eigenvalue weighted by Crippen LogP contribution is 2.25. The van der Waals surface area contributed by atoms with E-state index in [9.17, 15) is 22.8 Å². The number of nitrogens with zero attached hydrogens (tertiary/aromatic N) is 1. The van der Waals surface area contributed by atoms with E-state index in [4.69, 9.17) is 4.52 Å². The lowest BCUT2D eigenvalue weighted by Gasteiger charge is -2.11.